The van der Waals surface area contributed by atoms with E-state index in [1.807, 2.05) is 0 Å². The molecular weight excluding hydrogens is 267 g/mol. The van der Waals surface area contributed by atoms with Crippen LogP contribution >= 0.6 is 11.3 Å². The topological polar surface area (TPSA) is 29.5 Å². The molecule has 98 valence electrons. The molecule has 3 nitrogen and oxygen atoms in total. The molecule has 1 aromatic heterocycles. The van der Waals surface area contributed by atoms with Crippen molar-refractivity contribution in [3.05, 3.63) is 27.8 Å². The highest BCUT2D eigenvalue weighted by Crippen LogP contribution is 2.41. The van der Waals surface area contributed by atoms with Crippen LogP contribution in [0.2, 0.25) is 0 Å². The number of rotatable bonds is 2. The number of nitrogens with zero attached hydrogens (tertiary/aromatic N) is 1. The molecular formula is C11H10F3NO2S. The van der Waals surface area contributed by atoms with E-state index in [4.69, 9.17) is 4.74 Å². The van der Waals surface area contributed by atoms with Gasteiger partial charge in [-0.1, -0.05) is 0 Å². The van der Waals surface area contributed by atoms with Gasteiger partial charge in [-0.05, 0) is 11.4 Å². The highest BCUT2D eigenvalue weighted by Gasteiger charge is 2.39. The first-order valence-corrected chi connectivity index (χ1v) is 5.93. The second-order valence-corrected chi connectivity index (χ2v) is 4.86. The molecule has 2 heterocycles. The number of hydrogen-bond acceptors (Lipinski definition) is 4. The Morgan fingerprint density at radius 3 is 2.61 bits per heavy atom. The summed E-state index contributed by atoms with van der Waals surface area (Å²) in [7, 11) is 3.24. The number of carbonyl (C=O) groups is 1. The van der Waals surface area contributed by atoms with E-state index in [1.165, 1.54) is 10.3 Å². The number of halogens is 3. The van der Waals surface area contributed by atoms with Gasteiger partial charge in [-0.15, -0.1) is 11.3 Å². The van der Waals surface area contributed by atoms with Gasteiger partial charge in [-0.25, -0.2) is 0 Å². The van der Waals surface area contributed by atoms with E-state index in [0.717, 1.165) is 17.4 Å². The molecule has 7 heteroatoms. The van der Waals surface area contributed by atoms with Crippen LogP contribution < -0.4 is 0 Å². The SMILES string of the molecule is CN(C)C1=C(c2sccc2C(F)(F)F)C(=O)CO1. The van der Waals surface area contributed by atoms with Crippen molar-refractivity contribution < 1.29 is 22.7 Å². The minimum atomic E-state index is -4.47. The van der Waals surface area contributed by atoms with Gasteiger partial charge in [0.25, 0.3) is 0 Å². The number of ketones is 1. The zero-order chi connectivity index (χ0) is 13.5. The van der Waals surface area contributed by atoms with Crippen molar-refractivity contribution in [1.29, 1.82) is 0 Å². The first-order chi connectivity index (χ1) is 8.32. The fraction of sp³-hybridized carbons (Fsp3) is 0.364. The van der Waals surface area contributed by atoms with Crippen molar-refractivity contribution in [1.82, 2.24) is 4.90 Å². The summed E-state index contributed by atoms with van der Waals surface area (Å²) in [6.07, 6.45) is -4.47. The van der Waals surface area contributed by atoms with E-state index in [9.17, 15) is 18.0 Å². The Morgan fingerprint density at radius 2 is 2.06 bits per heavy atom. The Morgan fingerprint density at radius 1 is 1.39 bits per heavy atom. The van der Waals surface area contributed by atoms with Crippen LogP contribution in [0.4, 0.5) is 13.2 Å². The monoisotopic (exact) mass is 277 g/mol. The number of carbonyl (C=O) groups excluding carboxylic acids is 1. The largest absolute Gasteiger partial charge is 0.470 e. The van der Waals surface area contributed by atoms with Crippen LogP contribution in [-0.4, -0.2) is 31.4 Å². The summed E-state index contributed by atoms with van der Waals surface area (Å²) < 4.78 is 43.6. The second-order valence-electron chi connectivity index (χ2n) is 3.95. The van der Waals surface area contributed by atoms with Crippen LogP contribution in [0.1, 0.15) is 10.4 Å². The summed E-state index contributed by atoms with van der Waals surface area (Å²) >= 11 is 0.893. The zero-order valence-corrected chi connectivity index (χ0v) is 10.5. The maximum atomic E-state index is 12.8. The number of thiophene rings is 1. The number of ether oxygens (including phenoxy) is 1. The highest BCUT2D eigenvalue weighted by molar-refractivity contribution is 7.11. The summed E-state index contributed by atoms with van der Waals surface area (Å²) in [5.41, 5.74) is -0.775. The van der Waals surface area contributed by atoms with Crippen LogP contribution in [-0.2, 0) is 15.7 Å². The molecule has 18 heavy (non-hydrogen) atoms. The molecule has 0 aliphatic carbocycles. The van der Waals surface area contributed by atoms with Gasteiger partial charge < -0.3 is 9.64 Å². The second kappa shape index (κ2) is 4.31. The van der Waals surface area contributed by atoms with E-state index in [-0.39, 0.29) is 22.9 Å². The van der Waals surface area contributed by atoms with E-state index >= 15 is 0 Å². The van der Waals surface area contributed by atoms with Crippen LogP contribution in [0, 0.1) is 0 Å². The third kappa shape index (κ3) is 2.10. The van der Waals surface area contributed by atoms with E-state index in [1.54, 1.807) is 14.1 Å². The lowest BCUT2D eigenvalue weighted by atomic mass is 10.1. The van der Waals surface area contributed by atoms with Gasteiger partial charge in [0, 0.05) is 14.1 Å². The zero-order valence-electron chi connectivity index (χ0n) is 9.67. The molecule has 1 aliphatic heterocycles. The number of hydrogen-bond donors (Lipinski definition) is 0. The summed E-state index contributed by atoms with van der Waals surface area (Å²) in [5.74, 6) is -0.236. The quantitative estimate of drug-likeness (QED) is 0.832. The Bertz CT molecular complexity index is 517. The summed E-state index contributed by atoms with van der Waals surface area (Å²) in [4.78, 5) is 13.1. The smallest absolute Gasteiger partial charge is 0.417 e. The van der Waals surface area contributed by atoms with Crippen LogP contribution in [0.15, 0.2) is 17.3 Å². The van der Waals surface area contributed by atoms with E-state index in [0.29, 0.717) is 0 Å². The summed E-state index contributed by atoms with van der Waals surface area (Å²) in [5, 5.41) is 1.32. The molecule has 2 rings (SSSR count). The molecule has 0 saturated carbocycles. The minimum Gasteiger partial charge on any atom is -0.470 e. The van der Waals surface area contributed by atoms with Gasteiger partial charge in [0.2, 0.25) is 11.7 Å². The van der Waals surface area contributed by atoms with Crippen LogP contribution in [0.25, 0.3) is 5.57 Å². The molecule has 1 aliphatic rings. The van der Waals surface area contributed by atoms with Gasteiger partial charge in [0.15, 0.2) is 6.61 Å². The summed E-state index contributed by atoms with van der Waals surface area (Å²) in [6, 6.07) is 0.978. The molecule has 1 aromatic rings. The van der Waals surface area contributed by atoms with Gasteiger partial charge >= 0.3 is 6.18 Å². The third-order valence-corrected chi connectivity index (χ3v) is 3.37. The van der Waals surface area contributed by atoms with Crippen molar-refractivity contribution in [2.45, 2.75) is 6.18 Å². The van der Waals surface area contributed by atoms with Crippen molar-refractivity contribution in [3.63, 3.8) is 0 Å². The fourth-order valence-corrected chi connectivity index (χ4v) is 2.67. The molecule has 0 N–H and O–H groups in total. The molecule has 0 spiro atoms. The van der Waals surface area contributed by atoms with Crippen molar-refractivity contribution in [2.24, 2.45) is 0 Å². The van der Waals surface area contributed by atoms with Crippen LogP contribution in [0.3, 0.4) is 0 Å². The van der Waals surface area contributed by atoms with Gasteiger partial charge in [0.05, 0.1) is 16.0 Å². The lowest BCUT2D eigenvalue weighted by Gasteiger charge is -2.15. The number of Topliss-reactive ketones (excluding diaryl/α,β-unsaturated/α-hetero) is 1. The number of alkyl halides is 3. The Labute approximate surface area is 105 Å². The molecule has 0 aromatic carbocycles. The highest BCUT2D eigenvalue weighted by atomic mass is 32.1. The minimum absolute atomic E-state index is 0.0160. The lowest BCUT2D eigenvalue weighted by Crippen LogP contribution is -2.13. The molecule has 0 fully saturated rings. The predicted octanol–water partition coefficient (Wildman–Crippen LogP) is 2.60. The average molecular weight is 277 g/mol. The third-order valence-electron chi connectivity index (χ3n) is 2.44. The van der Waals surface area contributed by atoms with E-state index in [2.05, 4.69) is 0 Å². The Hall–Kier alpha value is -1.50. The molecule has 0 radical (unpaired) electrons. The van der Waals surface area contributed by atoms with Crippen LogP contribution in [0.5, 0.6) is 0 Å². The molecule has 0 saturated heterocycles. The van der Waals surface area contributed by atoms with Gasteiger partial charge in [0.1, 0.15) is 0 Å². The standard InChI is InChI=1S/C11H10F3NO2S/c1-15(2)10-8(7(16)5-17-10)9-6(3-4-18-9)11(12,13)14/h3-4H,5H2,1-2H3. The van der Waals surface area contributed by atoms with Gasteiger partial charge in [-0.2, -0.15) is 13.2 Å². The first kappa shape index (κ1) is 12.9. The van der Waals surface area contributed by atoms with Crippen molar-refractivity contribution in [2.75, 3.05) is 20.7 Å². The fourth-order valence-electron chi connectivity index (χ4n) is 1.70. The molecule has 0 unspecified atom stereocenters. The summed E-state index contributed by atoms with van der Waals surface area (Å²) in [6.45, 7) is -0.210. The maximum absolute atomic E-state index is 12.8. The molecule has 0 bridgehead atoms. The lowest BCUT2D eigenvalue weighted by molar-refractivity contribution is -0.137. The maximum Gasteiger partial charge on any atom is 0.417 e. The first-order valence-electron chi connectivity index (χ1n) is 5.05. The average Bonchev–Trinajstić information content (AvgIpc) is 2.81. The molecule has 0 amide bonds. The van der Waals surface area contributed by atoms with Gasteiger partial charge in [-0.3, -0.25) is 4.79 Å². The van der Waals surface area contributed by atoms with Crippen molar-refractivity contribution in [3.8, 4) is 0 Å². The predicted molar refractivity (Wildman–Crippen MR) is 60.9 cm³/mol. The molecule has 0 atom stereocenters. The Kier molecular flexibility index (Phi) is 3.10. The van der Waals surface area contributed by atoms with Crippen molar-refractivity contribution >= 4 is 22.7 Å². The Balaban J connectivity index is 2.58. The normalized spacial score (nSPS) is 16.2. The van der Waals surface area contributed by atoms with E-state index < -0.39 is 17.5 Å².